The SMILES string of the molecule is CP(C)(=O)c1ccccc1Nc1nc(Nc2cnn(CC(F)F)c2)nc2[nH]ccc12. The van der Waals surface area contributed by atoms with Gasteiger partial charge in [0.15, 0.2) is 0 Å². The highest BCUT2D eigenvalue weighted by Gasteiger charge is 2.17. The number of halogens is 2. The van der Waals surface area contributed by atoms with Crippen molar-refractivity contribution in [2.45, 2.75) is 13.0 Å². The van der Waals surface area contributed by atoms with Crippen LogP contribution < -0.4 is 15.9 Å². The van der Waals surface area contributed by atoms with E-state index in [1.54, 1.807) is 19.5 Å². The second-order valence-electron chi connectivity index (χ2n) is 7.10. The van der Waals surface area contributed by atoms with Crippen molar-refractivity contribution in [1.29, 1.82) is 0 Å². The van der Waals surface area contributed by atoms with E-state index in [1.807, 2.05) is 30.3 Å². The van der Waals surface area contributed by atoms with Crippen LogP contribution in [-0.2, 0) is 11.1 Å². The van der Waals surface area contributed by atoms with Crippen LogP contribution in [0.1, 0.15) is 0 Å². The second kappa shape index (κ2) is 7.87. The van der Waals surface area contributed by atoms with E-state index in [-0.39, 0.29) is 5.95 Å². The lowest BCUT2D eigenvalue weighted by atomic mass is 10.3. The van der Waals surface area contributed by atoms with Gasteiger partial charge in [0.1, 0.15) is 25.2 Å². The van der Waals surface area contributed by atoms with Crippen molar-refractivity contribution in [2.24, 2.45) is 0 Å². The third-order valence-electron chi connectivity index (χ3n) is 4.37. The maximum Gasteiger partial charge on any atom is 0.257 e. The number of nitrogens with one attached hydrogen (secondary N) is 3. The molecule has 0 aliphatic rings. The maximum absolute atomic E-state index is 12.7. The number of alkyl halides is 2. The molecule has 3 aromatic heterocycles. The second-order valence-corrected chi connectivity index (χ2v) is 10.3. The molecule has 3 heterocycles. The minimum absolute atomic E-state index is 0.262. The summed E-state index contributed by atoms with van der Waals surface area (Å²) in [6.45, 7) is 2.93. The average molecular weight is 431 g/mol. The molecule has 1 aromatic carbocycles. The molecule has 0 aliphatic heterocycles. The number of benzene rings is 1. The molecule has 8 nitrogen and oxygen atoms in total. The Labute approximate surface area is 171 Å². The van der Waals surface area contributed by atoms with Crippen molar-refractivity contribution >= 4 is 46.6 Å². The zero-order chi connectivity index (χ0) is 21.3. The van der Waals surface area contributed by atoms with E-state index >= 15 is 0 Å². The number of nitrogens with zero attached hydrogens (tertiary/aromatic N) is 4. The molecule has 0 saturated heterocycles. The Morgan fingerprint density at radius 2 is 1.97 bits per heavy atom. The average Bonchev–Trinajstić information content (AvgIpc) is 3.30. The smallest absolute Gasteiger partial charge is 0.257 e. The molecule has 0 fully saturated rings. The van der Waals surface area contributed by atoms with Crippen LogP contribution >= 0.6 is 7.14 Å². The first kappa shape index (κ1) is 20.0. The van der Waals surface area contributed by atoms with Crippen molar-refractivity contribution < 1.29 is 13.3 Å². The molecule has 0 atom stereocenters. The van der Waals surface area contributed by atoms with Gasteiger partial charge in [0, 0.05) is 17.7 Å². The molecule has 0 aliphatic carbocycles. The molecule has 156 valence electrons. The van der Waals surface area contributed by atoms with Crippen LogP contribution in [0, 0.1) is 0 Å². The summed E-state index contributed by atoms with van der Waals surface area (Å²) in [5.74, 6) is 0.780. The summed E-state index contributed by atoms with van der Waals surface area (Å²) in [6, 6.07) is 9.21. The molecule has 3 N–H and O–H groups in total. The van der Waals surface area contributed by atoms with Gasteiger partial charge in [-0.25, -0.2) is 8.78 Å². The van der Waals surface area contributed by atoms with E-state index in [2.05, 4.69) is 30.7 Å². The molecular weight excluding hydrogens is 411 g/mol. The third kappa shape index (κ3) is 4.33. The molecule has 0 unspecified atom stereocenters. The molecule has 0 bridgehead atoms. The van der Waals surface area contributed by atoms with Crippen LogP contribution in [0.25, 0.3) is 11.0 Å². The number of H-pyrrole nitrogens is 1. The largest absolute Gasteiger partial charge is 0.346 e. The Hall–Kier alpha value is -3.26. The van der Waals surface area contributed by atoms with Gasteiger partial charge in [0.2, 0.25) is 5.95 Å². The fourth-order valence-electron chi connectivity index (χ4n) is 3.07. The summed E-state index contributed by atoms with van der Waals surface area (Å²) in [5.41, 5.74) is 1.77. The highest BCUT2D eigenvalue weighted by atomic mass is 31.2. The van der Waals surface area contributed by atoms with Gasteiger partial charge in [-0.2, -0.15) is 15.1 Å². The van der Waals surface area contributed by atoms with E-state index in [4.69, 9.17) is 0 Å². The summed E-state index contributed by atoms with van der Waals surface area (Å²) >= 11 is 0. The molecule has 4 rings (SSSR count). The normalized spacial score (nSPS) is 11.9. The van der Waals surface area contributed by atoms with Crippen LogP contribution in [0.5, 0.6) is 0 Å². The Morgan fingerprint density at radius 1 is 1.17 bits per heavy atom. The number of rotatable bonds is 7. The zero-order valence-electron chi connectivity index (χ0n) is 16.3. The van der Waals surface area contributed by atoms with E-state index in [0.717, 1.165) is 15.4 Å². The number of para-hydroxylation sites is 1. The van der Waals surface area contributed by atoms with Gasteiger partial charge in [0.05, 0.1) is 23.0 Å². The summed E-state index contributed by atoms with van der Waals surface area (Å²) in [7, 11) is -2.52. The van der Waals surface area contributed by atoms with Crippen LogP contribution in [0.4, 0.5) is 31.9 Å². The van der Waals surface area contributed by atoms with Gasteiger partial charge in [-0.3, -0.25) is 4.68 Å². The molecule has 0 amide bonds. The molecule has 0 spiro atoms. The van der Waals surface area contributed by atoms with Crippen molar-refractivity contribution in [3.8, 4) is 0 Å². The molecular formula is C19H20F2N7OP. The van der Waals surface area contributed by atoms with Crippen LogP contribution in [0.3, 0.4) is 0 Å². The topological polar surface area (TPSA) is 101 Å². The lowest BCUT2D eigenvalue weighted by Gasteiger charge is -2.15. The van der Waals surface area contributed by atoms with Crippen molar-refractivity contribution in [3.63, 3.8) is 0 Å². The van der Waals surface area contributed by atoms with E-state index < -0.39 is 20.1 Å². The summed E-state index contributed by atoms with van der Waals surface area (Å²) in [6.07, 6.45) is 2.14. The fraction of sp³-hybridized carbons (Fsp3) is 0.211. The summed E-state index contributed by atoms with van der Waals surface area (Å²) < 4.78 is 38.9. The highest BCUT2D eigenvalue weighted by molar-refractivity contribution is 7.70. The van der Waals surface area contributed by atoms with Crippen molar-refractivity contribution in [2.75, 3.05) is 24.0 Å². The number of anilines is 4. The summed E-state index contributed by atoms with van der Waals surface area (Å²) in [5, 5.41) is 11.6. The first-order valence-electron chi connectivity index (χ1n) is 9.14. The van der Waals surface area contributed by atoms with Crippen LogP contribution in [0.2, 0.25) is 0 Å². The van der Waals surface area contributed by atoms with Gasteiger partial charge in [-0.15, -0.1) is 0 Å². The minimum atomic E-state index is -2.52. The molecule has 30 heavy (non-hydrogen) atoms. The van der Waals surface area contributed by atoms with Crippen LogP contribution in [0.15, 0.2) is 48.9 Å². The maximum atomic E-state index is 12.7. The van der Waals surface area contributed by atoms with Gasteiger partial charge in [-0.05, 0) is 31.5 Å². The Morgan fingerprint density at radius 3 is 2.73 bits per heavy atom. The van der Waals surface area contributed by atoms with E-state index in [9.17, 15) is 13.3 Å². The standard InChI is InChI=1S/C19H20F2N7OP/c1-30(2,29)15-6-4-3-5-14(15)25-18-13-7-8-22-17(13)26-19(27-18)24-12-9-23-28(10-12)11-16(20)21/h3-10,16H,11H2,1-2H3,(H3,22,24,25,26,27). The predicted octanol–water partition coefficient (Wildman–Crippen LogP) is 4.15. The predicted molar refractivity (Wildman–Crippen MR) is 114 cm³/mol. The Kier molecular flexibility index (Phi) is 5.26. The first-order valence-corrected chi connectivity index (χ1v) is 11.7. The molecule has 0 saturated carbocycles. The number of fused-ring (bicyclic) bond motifs is 1. The van der Waals surface area contributed by atoms with E-state index in [0.29, 0.717) is 22.8 Å². The fourth-order valence-corrected chi connectivity index (χ4v) is 4.22. The minimum Gasteiger partial charge on any atom is -0.346 e. The number of hydrogen-bond acceptors (Lipinski definition) is 6. The lowest BCUT2D eigenvalue weighted by molar-refractivity contribution is 0.122. The number of aromatic nitrogens is 5. The quantitative estimate of drug-likeness (QED) is 0.380. The number of hydrogen-bond donors (Lipinski definition) is 3. The third-order valence-corrected chi connectivity index (χ3v) is 5.92. The number of aromatic amines is 1. The monoisotopic (exact) mass is 431 g/mol. The van der Waals surface area contributed by atoms with Gasteiger partial charge in [-0.1, -0.05) is 12.1 Å². The Bertz CT molecular complexity index is 1230. The molecule has 0 radical (unpaired) electrons. The van der Waals surface area contributed by atoms with Crippen LogP contribution in [-0.4, -0.2) is 44.5 Å². The highest BCUT2D eigenvalue weighted by Crippen LogP contribution is 2.38. The molecule has 4 aromatic rings. The molecule has 11 heteroatoms. The van der Waals surface area contributed by atoms with Gasteiger partial charge in [0.25, 0.3) is 6.43 Å². The summed E-state index contributed by atoms with van der Waals surface area (Å²) in [4.78, 5) is 12.0. The zero-order valence-corrected chi connectivity index (χ0v) is 17.2. The van der Waals surface area contributed by atoms with E-state index in [1.165, 1.54) is 12.4 Å². The van der Waals surface area contributed by atoms with Crippen molar-refractivity contribution in [3.05, 3.63) is 48.9 Å². The van der Waals surface area contributed by atoms with Gasteiger partial charge < -0.3 is 20.2 Å². The van der Waals surface area contributed by atoms with Crippen molar-refractivity contribution in [1.82, 2.24) is 24.7 Å². The van der Waals surface area contributed by atoms with Gasteiger partial charge >= 0.3 is 0 Å². The lowest BCUT2D eigenvalue weighted by Crippen LogP contribution is -2.10. The first-order chi connectivity index (χ1) is 14.3. The Balaban J connectivity index is 1.67.